The summed E-state index contributed by atoms with van der Waals surface area (Å²) in [6.07, 6.45) is 0.659. The van der Waals surface area contributed by atoms with Crippen LogP contribution >= 0.6 is 0 Å². The number of ether oxygens (including phenoxy) is 1. The van der Waals surface area contributed by atoms with Crippen molar-refractivity contribution in [3.8, 4) is 0 Å². The van der Waals surface area contributed by atoms with Crippen LogP contribution in [-0.4, -0.2) is 28.8 Å². The molecule has 0 bridgehead atoms. The Labute approximate surface area is 94.4 Å². The van der Waals surface area contributed by atoms with Crippen molar-refractivity contribution in [1.82, 2.24) is 15.5 Å². The van der Waals surface area contributed by atoms with Crippen molar-refractivity contribution >= 4 is 5.97 Å². The molecule has 0 amide bonds. The normalized spacial score (nSPS) is 12.4. The van der Waals surface area contributed by atoms with Crippen LogP contribution in [0.3, 0.4) is 0 Å². The SMILES string of the molecule is CCOC(=O)C(CC)NCc1nc(C)no1. The molecule has 1 unspecified atom stereocenters. The Morgan fingerprint density at radius 2 is 2.31 bits per heavy atom. The highest BCUT2D eigenvalue weighted by atomic mass is 16.5. The Hall–Kier alpha value is -1.43. The summed E-state index contributed by atoms with van der Waals surface area (Å²) in [5.41, 5.74) is 0. The largest absolute Gasteiger partial charge is 0.465 e. The van der Waals surface area contributed by atoms with Crippen molar-refractivity contribution < 1.29 is 14.1 Å². The Morgan fingerprint density at radius 3 is 2.81 bits per heavy atom. The second-order valence-electron chi connectivity index (χ2n) is 3.33. The molecule has 16 heavy (non-hydrogen) atoms. The summed E-state index contributed by atoms with van der Waals surface area (Å²) < 4.78 is 9.84. The first kappa shape index (κ1) is 12.6. The number of aryl methyl sites for hydroxylation is 1. The summed E-state index contributed by atoms with van der Waals surface area (Å²) >= 11 is 0. The molecule has 6 heteroatoms. The average molecular weight is 227 g/mol. The molecular weight excluding hydrogens is 210 g/mol. The van der Waals surface area contributed by atoms with Crippen LogP contribution in [0.4, 0.5) is 0 Å². The smallest absolute Gasteiger partial charge is 0.323 e. The Balaban J connectivity index is 2.42. The molecule has 0 saturated carbocycles. The van der Waals surface area contributed by atoms with E-state index in [1.807, 2.05) is 6.92 Å². The number of nitrogens with zero attached hydrogens (tertiary/aromatic N) is 2. The summed E-state index contributed by atoms with van der Waals surface area (Å²) in [4.78, 5) is 15.5. The monoisotopic (exact) mass is 227 g/mol. The standard InChI is InChI=1S/C10H17N3O3/c1-4-8(10(14)15-5-2)11-6-9-12-7(3)13-16-9/h8,11H,4-6H2,1-3H3. The van der Waals surface area contributed by atoms with Crippen LogP contribution in [0.5, 0.6) is 0 Å². The van der Waals surface area contributed by atoms with Gasteiger partial charge in [-0.2, -0.15) is 4.98 Å². The lowest BCUT2D eigenvalue weighted by atomic mass is 10.2. The first-order valence-corrected chi connectivity index (χ1v) is 5.36. The van der Waals surface area contributed by atoms with Gasteiger partial charge in [0.25, 0.3) is 0 Å². The van der Waals surface area contributed by atoms with Gasteiger partial charge >= 0.3 is 5.97 Å². The summed E-state index contributed by atoms with van der Waals surface area (Å²) in [7, 11) is 0. The Bertz CT molecular complexity index is 338. The third kappa shape index (κ3) is 3.62. The molecule has 0 aliphatic rings. The van der Waals surface area contributed by atoms with Gasteiger partial charge in [-0.15, -0.1) is 0 Å². The maximum Gasteiger partial charge on any atom is 0.323 e. The zero-order chi connectivity index (χ0) is 12.0. The van der Waals surface area contributed by atoms with Gasteiger partial charge in [0.15, 0.2) is 5.82 Å². The molecule has 0 aliphatic heterocycles. The fourth-order valence-electron chi connectivity index (χ4n) is 1.26. The highest BCUT2D eigenvalue weighted by Crippen LogP contribution is 1.99. The van der Waals surface area contributed by atoms with E-state index in [0.29, 0.717) is 31.3 Å². The Morgan fingerprint density at radius 1 is 1.56 bits per heavy atom. The number of aromatic nitrogens is 2. The number of hydrogen-bond acceptors (Lipinski definition) is 6. The van der Waals surface area contributed by atoms with Crippen LogP contribution in [0.2, 0.25) is 0 Å². The number of nitrogens with one attached hydrogen (secondary N) is 1. The molecule has 1 rings (SSSR count). The van der Waals surface area contributed by atoms with Gasteiger partial charge in [0.05, 0.1) is 13.2 Å². The van der Waals surface area contributed by atoms with Gasteiger partial charge in [0, 0.05) is 0 Å². The molecule has 6 nitrogen and oxygen atoms in total. The van der Waals surface area contributed by atoms with Crippen molar-refractivity contribution in [3.63, 3.8) is 0 Å². The number of carbonyl (C=O) groups excluding carboxylic acids is 1. The molecule has 1 aromatic heterocycles. The third-order valence-electron chi connectivity index (χ3n) is 2.05. The minimum atomic E-state index is -0.327. The van der Waals surface area contributed by atoms with E-state index in [0.717, 1.165) is 0 Å². The van der Waals surface area contributed by atoms with Gasteiger partial charge in [-0.3, -0.25) is 10.1 Å². The summed E-state index contributed by atoms with van der Waals surface area (Å²) in [6, 6.07) is -0.327. The molecule has 0 fully saturated rings. The van der Waals surface area contributed by atoms with Crippen molar-refractivity contribution in [2.45, 2.75) is 39.8 Å². The topological polar surface area (TPSA) is 77.2 Å². The molecular formula is C10H17N3O3. The van der Waals surface area contributed by atoms with E-state index in [4.69, 9.17) is 9.26 Å². The van der Waals surface area contributed by atoms with E-state index in [9.17, 15) is 4.79 Å². The molecule has 1 aromatic rings. The third-order valence-corrected chi connectivity index (χ3v) is 2.05. The van der Waals surface area contributed by atoms with E-state index in [2.05, 4.69) is 15.5 Å². The second-order valence-corrected chi connectivity index (χ2v) is 3.33. The summed E-state index contributed by atoms with van der Waals surface area (Å²) in [5, 5.41) is 6.67. The van der Waals surface area contributed by atoms with Crippen molar-refractivity contribution in [2.75, 3.05) is 6.61 Å². The predicted octanol–water partition coefficient (Wildman–Crippen LogP) is 0.809. The maximum absolute atomic E-state index is 11.4. The lowest BCUT2D eigenvalue weighted by Crippen LogP contribution is -2.37. The first-order valence-electron chi connectivity index (χ1n) is 5.36. The zero-order valence-electron chi connectivity index (χ0n) is 9.82. The molecule has 90 valence electrons. The van der Waals surface area contributed by atoms with Crippen LogP contribution in [0.25, 0.3) is 0 Å². The van der Waals surface area contributed by atoms with Crippen molar-refractivity contribution in [1.29, 1.82) is 0 Å². The highest BCUT2D eigenvalue weighted by Gasteiger charge is 2.17. The highest BCUT2D eigenvalue weighted by molar-refractivity contribution is 5.75. The first-order chi connectivity index (χ1) is 7.67. The van der Waals surface area contributed by atoms with Crippen molar-refractivity contribution in [2.24, 2.45) is 0 Å². The molecule has 0 aromatic carbocycles. The van der Waals surface area contributed by atoms with Crippen LogP contribution in [0.1, 0.15) is 32.0 Å². The molecule has 0 aliphatic carbocycles. The van der Waals surface area contributed by atoms with Crippen molar-refractivity contribution in [3.05, 3.63) is 11.7 Å². The van der Waals surface area contributed by atoms with E-state index in [-0.39, 0.29) is 12.0 Å². The van der Waals surface area contributed by atoms with Crippen LogP contribution in [-0.2, 0) is 16.1 Å². The zero-order valence-corrected chi connectivity index (χ0v) is 9.82. The van der Waals surface area contributed by atoms with E-state index in [1.54, 1.807) is 13.8 Å². The Kier molecular flexibility index (Phi) is 4.91. The summed E-state index contributed by atoms with van der Waals surface area (Å²) in [6.45, 7) is 6.20. The van der Waals surface area contributed by atoms with E-state index < -0.39 is 0 Å². The second kappa shape index (κ2) is 6.22. The van der Waals surface area contributed by atoms with Gasteiger partial charge in [0.2, 0.25) is 5.89 Å². The number of esters is 1. The molecule has 0 saturated heterocycles. The van der Waals surface area contributed by atoms with Gasteiger partial charge in [0.1, 0.15) is 6.04 Å². The minimum absolute atomic E-state index is 0.249. The van der Waals surface area contributed by atoms with Gasteiger partial charge in [-0.05, 0) is 20.3 Å². The molecule has 1 atom stereocenters. The molecule has 0 spiro atoms. The maximum atomic E-state index is 11.4. The van der Waals surface area contributed by atoms with E-state index in [1.165, 1.54) is 0 Å². The quantitative estimate of drug-likeness (QED) is 0.725. The lowest BCUT2D eigenvalue weighted by molar-refractivity contribution is -0.145. The lowest BCUT2D eigenvalue weighted by Gasteiger charge is -2.13. The van der Waals surface area contributed by atoms with Gasteiger partial charge in [-0.1, -0.05) is 12.1 Å². The molecule has 0 radical (unpaired) electrons. The fraction of sp³-hybridized carbons (Fsp3) is 0.700. The summed E-state index contributed by atoms with van der Waals surface area (Å²) in [5.74, 6) is 0.808. The van der Waals surface area contributed by atoms with Crippen LogP contribution in [0.15, 0.2) is 4.52 Å². The number of rotatable bonds is 6. The number of hydrogen-bond donors (Lipinski definition) is 1. The van der Waals surface area contributed by atoms with E-state index >= 15 is 0 Å². The van der Waals surface area contributed by atoms with Crippen LogP contribution in [0, 0.1) is 6.92 Å². The van der Waals surface area contributed by atoms with Gasteiger partial charge in [-0.25, -0.2) is 0 Å². The fourth-order valence-corrected chi connectivity index (χ4v) is 1.26. The molecule has 1 heterocycles. The molecule has 1 N–H and O–H groups in total. The minimum Gasteiger partial charge on any atom is -0.465 e. The van der Waals surface area contributed by atoms with Crippen LogP contribution < -0.4 is 5.32 Å². The van der Waals surface area contributed by atoms with Gasteiger partial charge < -0.3 is 9.26 Å². The number of carbonyl (C=O) groups is 1. The average Bonchev–Trinajstić information content (AvgIpc) is 2.65. The predicted molar refractivity (Wildman–Crippen MR) is 56.6 cm³/mol.